The summed E-state index contributed by atoms with van der Waals surface area (Å²) in [6.07, 6.45) is 4.02. The lowest BCUT2D eigenvalue weighted by molar-refractivity contribution is 0.590. The minimum atomic E-state index is 0.618. The summed E-state index contributed by atoms with van der Waals surface area (Å²) in [5.41, 5.74) is 8.88. The van der Waals surface area contributed by atoms with Crippen molar-refractivity contribution < 1.29 is 8.83 Å². The van der Waals surface area contributed by atoms with E-state index in [9.17, 15) is 0 Å². The maximum absolute atomic E-state index is 6.40. The normalized spacial score (nSPS) is 13.0. The predicted octanol–water partition coefficient (Wildman–Crippen LogP) is 9.90. The van der Waals surface area contributed by atoms with E-state index in [4.69, 9.17) is 23.8 Å². The van der Waals surface area contributed by atoms with E-state index >= 15 is 0 Å². The maximum Gasteiger partial charge on any atom is 0.167 e. The van der Waals surface area contributed by atoms with Gasteiger partial charge in [-0.1, -0.05) is 109 Å². The van der Waals surface area contributed by atoms with Crippen LogP contribution in [0.2, 0.25) is 0 Å². The molecule has 0 aliphatic heterocycles. The van der Waals surface area contributed by atoms with Crippen molar-refractivity contribution in [2.45, 2.75) is 12.8 Å². The maximum atomic E-state index is 6.40. The predicted molar refractivity (Wildman–Crippen MR) is 175 cm³/mol. The summed E-state index contributed by atoms with van der Waals surface area (Å²) < 4.78 is 12.5. The van der Waals surface area contributed by atoms with Crippen LogP contribution in [0.15, 0.2) is 136 Å². The van der Waals surface area contributed by atoms with Crippen molar-refractivity contribution in [3.05, 3.63) is 145 Å². The molecule has 1 aliphatic rings. The molecule has 0 unspecified atom stereocenters. The first kappa shape index (κ1) is 24.8. The van der Waals surface area contributed by atoms with Crippen LogP contribution in [-0.4, -0.2) is 15.0 Å². The van der Waals surface area contributed by atoms with E-state index in [2.05, 4.69) is 60.7 Å². The second-order valence-corrected chi connectivity index (χ2v) is 11.1. The average Bonchev–Trinajstić information content (AvgIpc) is 3.67. The molecule has 3 heterocycles. The third-order valence-electron chi connectivity index (χ3n) is 8.45. The van der Waals surface area contributed by atoms with Gasteiger partial charge in [0.1, 0.15) is 22.5 Å². The Labute approximate surface area is 253 Å². The number of nitrogens with zero attached hydrogens (tertiary/aromatic N) is 3. The highest BCUT2D eigenvalue weighted by Crippen LogP contribution is 2.39. The fourth-order valence-corrected chi connectivity index (χ4v) is 6.37. The summed E-state index contributed by atoms with van der Waals surface area (Å²) in [4.78, 5) is 15.0. The summed E-state index contributed by atoms with van der Waals surface area (Å²) in [6, 6.07) is 41.1. The number of aryl methyl sites for hydroxylation is 1. The molecular formula is C39H25N3O2. The van der Waals surface area contributed by atoms with Crippen LogP contribution in [0, 0.1) is 0 Å². The minimum absolute atomic E-state index is 0.618. The van der Waals surface area contributed by atoms with E-state index in [0.29, 0.717) is 17.5 Å². The summed E-state index contributed by atoms with van der Waals surface area (Å²) in [5.74, 6) is 2.72. The van der Waals surface area contributed by atoms with Gasteiger partial charge in [0.05, 0.1) is 5.57 Å². The molecule has 0 atom stereocenters. The SMILES string of the molecule is C1=C(c2nc(-c3ccccc3)nc(-c3ccc(-c4cccc5oc6ccccc6c45)cc3)n2)c2oc3ccccc3c2CC1. The number of hydrogen-bond donors (Lipinski definition) is 0. The Kier molecular flexibility index (Phi) is 5.56. The monoisotopic (exact) mass is 567 g/mol. The van der Waals surface area contributed by atoms with E-state index < -0.39 is 0 Å². The van der Waals surface area contributed by atoms with Gasteiger partial charge in [0.25, 0.3) is 0 Å². The van der Waals surface area contributed by atoms with E-state index in [-0.39, 0.29) is 0 Å². The molecule has 5 nitrogen and oxygen atoms in total. The van der Waals surface area contributed by atoms with Crippen LogP contribution in [0.5, 0.6) is 0 Å². The zero-order valence-corrected chi connectivity index (χ0v) is 23.7. The van der Waals surface area contributed by atoms with Crippen molar-refractivity contribution in [2.24, 2.45) is 0 Å². The number of rotatable bonds is 4. The molecule has 0 N–H and O–H groups in total. The molecule has 3 aromatic heterocycles. The molecule has 208 valence electrons. The first-order valence-corrected chi connectivity index (χ1v) is 14.8. The van der Waals surface area contributed by atoms with Gasteiger partial charge in [-0.15, -0.1) is 0 Å². The molecule has 0 saturated carbocycles. The summed E-state index contributed by atoms with van der Waals surface area (Å²) in [6.45, 7) is 0. The third-order valence-corrected chi connectivity index (χ3v) is 8.45. The lowest BCUT2D eigenvalue weighted by Gasteiger charge is -2.14. The average molecular weight is 568 g/mol. The fraction of sp³-hybridized carbons (Fsp3) is 0.0513. The van der Waals surface area contributed by atoms with Crippen molar-refractivity contribution in [3.8, 4) is 33.9 Å². The van der Waals surface area contributed by atoms with Crippen molar-refractivity contribution >= 4 is 38.5 Å². The van der Waals surface area contributed by atoms with E-state index in [1.54, 1.807) is 0 Å². The Bertz CT molecular complexity index is 2380. The van der Waals surface area contributed by atoms with Gasteiger partial charge >= 0.3 is 0 Å². The van der Waals surface area contributed by atoms with Gasteiger partial charge in [0.15, 0.2) is 17.5 Å². The van der Waals surface area contributed by atoms with Crippen LogP contribution in [0.4, 0.5) is 0 Å². The number of para-hydroxylation sites is 2. The van der Waals surface area contributed by atoms with Gasteiger partial charge in [0.2, 0.25) is 0 Å². The van der Waals surface area contributed by atoms with Crippen LogP contribution in [0.1, 0.15) is 23.6 Å². The van der Waals surface area contributed by atoms with Gasteiger partial charge in [0, 0.05) is 32.8 Å². The van der Waals surface area contributed by atoms with Crippen LogP contribution < -0.4 is 0 Å². The standard InChI is InChI=1S/C39H25N3O2/c1-2-10-25(11-3-1)37-40-38(42-39(41-37)31-16-8-15-29-28-12-4-6-17-32(28)44-36(29)31)26-22-20-24(21-23-26)27-14-9-19-34-35(27)30-13-5-7-18-33(30)43-34/h1-7,9-14,16-23H,8,15H2. The molecular weight excluding hydrogens is 542 g/mol. The van der Waals surface area contributed by atoms with Crippen LogP contribution in [0.3, 0.4) is 0 Å². The number of fused-ring (bicyclic) bond motifs is 6. The first-order chi connectivity index (χ1) is 21.8. The fourth-order valence-electron chi connectivity index (χ4n) is 6.37. The Balaban J connectivity index is 1.17. The number of hydrogen-bond acceptors (Lipinski definition) is 5. The Morgan fingerprint density at radius 3 is 1.89 bits per heavy atom. The van der Waals surface area contributed by atoms with E-state index in [0.717, 1.165) is 79.3 Å². The minimum Gasteiger partial charge on any atom is -0.456 e. The lowest BCUT2D eigenvalue weighted by Crippen LogP contribution is -2.06. The number of aromatic nitrogens is 3. The molecule has 0 saturated heterocycles. The summed E-state index contributed by atoms with van der Waals surface area (Å²) in [5, 5.41) is 3.39. The molecule has 8 aromatic rings. The molecule has 44 heavy (non-hydrogen) atoms. The molecule has 0 radical (unpaired) electrons. The van der Waals surface area contributed by atoms with Gasteiger partial charge in [-0.3, -0.25) is 0 Å². The molecule has 0 amide bonds. The highest BCUT2D eigenvalue weighted by atomic mass is 16.3. The summed E-state index contributed by atoms with van der Waals surface area (Å²) in [7, 11) is 0. The quantitative estimate of drug-likeness (QED) is 0.212. The molecule has 0 spiro atoms. The Hall–Kier alpha value is -5.81. The van der Waals surface area contributed by atoms with Crippen LogP contribution in [0.25, 0.3) is 72.4 Å². The number of benzene rings is 5. The topological polar surface area (TPSA) is 65.0 Å². The van der Waals surface area contributed by atoms with Gasteiger partial charge in [-0.2, -0.15) is 0 Å². The first-order valence-electron chi connectivity index (χ1n) is 14.8. The van der Waals surface area contributed by atoms with Crippen LogP contribution in [-0.2, 0) is 6.42 Å². The second kappa shape index (κ2) is 9.89. The van der Waals surface area contributed by atoms with E-state index in [1.807, 2.05) is 66.7 Å². The number of allylic oxidation sites excluding steroid dienone is 1. The zero-order chi connectivity index (χ0) is 29.0. The van der Waals surface area contributed by atoms with Crippen molar-refractivity contribution in [1.82, 2.24) is 15.0 Å². The van der Waals surface area contributed by atoms with Crippen LogP contribution >= 0.6 is 0 Å². The van der Waals surface area contributed by atoms with E-state index in [1.165, 1.54) is 5.56 Å². The highest BCUT2D eigenvalue weighted by molar-refractivity contribution is 6.12. The Morgan fingerprint density at radius 2 is 1.09 bits per heavy atom. The van der Waals surface area contributed by atoms with Crippen molar-refractivity contribution in [3.63, 3.8) is 0 Å². The lowest BCUT2D eigenvalue weighted by atomic mass is 9.95. The molecule has 0 fully saturated rings. The molecule has 9 rings (SSSR count). The Morgan fingerprint density at radius 1 is 0.477 bits per heavy atom. The zero-order valence-electron chi connectivity index (χ0n) is 23.7. The largest absolute Gasteiger partial charge is 0.456 e. The smallest absolute Gasteiger partial charge is 0.167 e. The molecule has 5 aromatic carbocycles. The molecule has 1 aliphatic carbocycles. The molecule has 5 heteroatoms. The highest BCUT2D eigenvalue weighted by Gasteiger charge is 2.25. The third kappa shape index (κ3) is 3.97. The van der Waals surface area contributed by atoms with Gasteiger partial charge < -0.3 is 8.83 Å². The second-order valence-electron chi connectivity index (χ2n) is 11.1. The van der Waals surface area contributed by atoms with Crippen molar-refractivity contribution in [2.75, 3.05) is 0 Å². The van der Waals surface area contributed by atoms with Gasteiger partial charge in [-0.05, 0) is 42.2 Å². The summed E-state index contributed by atoms with van der Waals surface area (Å²) >= 11 is 0. The van der Waals surface area contributed by atoms with Gasteiger partial charge in [-0.25, -0.2) is 15.0 Å². The molecule has 0 bridgehead atoms. The number of furan rings is 2. The van der Waals surface area contributed by atoms with Crippen molar-refractivity contribution in [1.29, 1.82) is 0 Å².